The highest BCUT2D eigenvalue weighted by Crippen LogP contribution is 2.47. The summed E-state index contributed by atoms with van der Waals surface area (Å²) in [5.41, 5.74) is 0.606. The Kier molecular flexibility index (Phi) is 2.78. The van der Waals surface area contributed by atoms with E-state index in [1.54, 1.807) is 19.1 Å². The van der Waals surface area contributed by atoms with Crippen molar-refractivity contribution in [1.29, 1.82) is 0 Å². The van der Waals surface area contributed by atoms with Crippen molar-refractivity contribution in [2.75, 3.05) is 0 Å². The molecule has 3 heteroatoms. The van der Waals surface area contributed by atoms with E-state index in [-0.39, 0.29) is 11.2 Å². The summed E-state index contributed by atoms with van der Waals surface area (Å²) in [7, 11) is 0. The summed E-state index contributed by atoms with van der Waals surface area (Å²) in [5.74, 6) is 0.206. The zero-order valence-electron chi connectivity index (χ0n) is 8.52. The number of carbonyl (C=O) groups is 1. The van der Waals surface area contributed by atoms with Gasteiger partial charge < -0.3 is 0 Å². The summed E-state index contributed by atoms with van der Waals surface area (Å²) >= 11 is 12.0. The van der Waals surface area contributed by atoms with Gasteiger partial charge >= 0.3 is 0 Å². The molecule has 0 aliphatic heterocycles. The maximum atomic E-state index is 11.7. The van der Waals surface area contributed by atoms with Crippen LogP contribution in [0.4, 0.5) is 0 Å². The van der Waals surface area contributed by atoms with E-state index in [4.69, 9.17) is 23.2 Å². The fourth-order valence-corrected chi connectivity index (χ4v) is 2.81. The minimum absolute atomic E-state index is 0.206. The molecule has 1 aromatic carbocycles. The molecule has 0 amide bonds. The van der Waals surface area contributed by atoms with Crippen molar-refractivity contribution >= 4 is 29.0 Å². The third-order valence-corrected chi connectivity index (χ3v) is 3.88. The van der Waals surface area contributed by atoms with Crippen molar-refractivity contribution in [3.05, 3.63) is 33.8 Å². The molecule has 0 atom stereocenters. The van der Waals surface area contributed by atoms with Gasteiger partial charge in [-0.25, -0.2) is 0 Å². The lowest BCUT2D eigenvalue weighted by molar-refractivity contribution is -0.125. The van der Waals surface area contributed by atoms with Crippen LogP contribution in [0.2, 0.25) is 10.0 Å². The SMILES string of the molecule is CC(=O)C1(c2ccc(Cl)cc2Cl)CCC1. The first-order chi connectivity index (χ1) is 7.06. The zero-order chi connectivity index (χ0) is 11.1. The first-order valence-corrected chi connectivity index (χ1v) is 5.78. The molecule has 0 unspecified atom stereocenters. The van der Waals surface area contributed by atoms with Crippen LogP contribution < -0.4 is 0 Å². The molecule has 0 bridgehead atoms. The number of rotatable bonds is 2. The molecule has 1 aromatic rings. The maximum absolute atomic E-state index is 11.7. The Balaban J connectivity index is 2.48. The van der Waals surface area contributed by atoms with Crippen LogP contribution in [0.1, 0.15) is 31.7 Å². The number of benzene rings is 1. The normalized spacial score (nSPS) is 18.3. The van der Waals surface area contributed by atoms with Gasteiger partial charge in [0.15, 0.2) is 0 Å². The summed E-state index contributed by atoms with van der Waals surface area (Å²) in [6, 6.07) is 5.39. The van der Waals surface area contributed by atoms with Gasteiger partial charge in [0.05, 0.1) is 5.41 Å². The second-order valence-electron chi connectivity index (χ2n) is 4.12. The van der Waals surface area contributed by atoms with Crippen LogP contribution in [0.5, 0.6) is 0 Å². The fraction of sp³-hybridized carbons (Fsp3) is 0.417. The Hall–Kier alpha value is -0.530. The quantitative estimate of drug-likeness (QED) is 0.767. The predicted octanol–water partition coefficient (Wildman–Crippen LogP) is 4.00. The molecule has 0 radical (unpaired) electrons. The standard InChI is InChI=1S/C12H12Cl2O/c1-8(15)12(5-2-6-12)10-4-3-9(13)7-11(10)14/h3-4,7H,2,5-6H2,1H3. The highest BCUT2D eigenvalue weighted by Gasteiger charge is 2.44. The van der Waals surface area contributed by atoms with Crippen LogP contribution in [0.3, 0.4) is 0 Å². The minimum Gasteiger partial charge on any atom is -0.299 e. The van der Waals surface area contributed by atoms with Gasteiger partial charge in [-0.05, 0) is 37.5 Å². The number of Topliss-reactive ketones (excluding diaryl/α,β-unsaturated/α-hetero) is 1. The van der Waals surface area contributed by atoms with E-state index in [1.807, 2.05) is 6.07 Å². The molecule has 80 valence electrons. The third-order valence-electron chi connectivity index (χ3n) is 3.33. The molecule has 2 rings (SSSR count). The van der Waals surface area contributed by atoms with Gasteiger partial charge in [-0.15, -0.1) is 0 Å². The van der Waals surface area contributed by atoms with Crippen molar-refractivity contribution in [3.63, 3.8) is 0 Å². The van der Waals surface area contributed by atoms with Crippen molar-refractivity contribution < 1.29 is 4.79 Å². The summed E-state index contributed by atoms with van der Waals surface area (Å²) in [6.07, 6.45) is 2.91. The lowest BCUT2D eigenvalue weighted by Crippen LogP contribution is -2.41. The summed E-state index contributed by atoms with van der Waals surface area (Å²) < 4.78 is 0. The largest absolute Gasteiger partial charge is 0.299 e. The van der Waals surface area contributed by atoms with Crippen LogP contribution in [-0.4, -0.2) is 5.78 Å². The molecule has 1 aliphatic rings. The summed E-state index contributed by atoms with van der Waals surface area (Å²) in [4.78, 5) is 11.7. The molecule has 1 saturated carbocycles. The third kappa shape index (κ3) is 1.68. The maximum Gasteiger partial charge on any atom is 0.140 e. The molecular formula is C12H12Cl2O. The Bertz CT molecular complexity index is 408. The molecule has 1 aliphatic carbocycles. The van der Waals surface area contributed by atoms with Crippen LogP contribution in [0, 0.1) is 0 Å². The molecule has 1 nitrogen and oxygen atoms in total. The number of hydrogen-bond acceptors (Lipinski definition) is 1. The van der Waals surface area contributed by atoms with Crippen LogP contribution in [-0.2, 0) is 10.2 Å². The van der Waals surface area contributed by atoms with Crippen LogP contribution in [0.15, 0.2) is 18.2 Å². The highest BCUT2D eigenvalue weighted by atomic mass is 35.5. The lowest BCUT2D eigenvalue weighted by Gasteiger charge is -2.40. The van der Waals surface area contributed by atoms with Gasteiger partial charge in [0.1, 0.15) is 5.78 Å². The average Bonchev–Trinajstić information content (AvgIpc) is 2.05. The van der Waals surface area contributed by atoms with E-state index >= 15 is 0 Å². The first-order valence-electron chi connectivity index (χ1n) is 5.03. The first kappa shape index (κ1) is 11.0. The van der Waals surface area contributed by atoms with Crippen molar-refractivity contribution in [3.8, 4) is 0 Å². The highest BCUT2D eigenvalue weighted by molar-refractivity contribution is 6.35. The Labute approximate surface area is 99.4 Å². The van der Waals surface area contributed by atoms with Crippen molar-refractivity contribution in [1.82, 2.24) is 0 Å². The van der Waals surface area contributed by atoms with E-state index in [1.165, 1.54) is 0 Å². The lowest BCUT2D eigenvalue weighted by atomic mass is 9.62. The Morgan fingerprint density at radius 2 is 2.00 bits per heavy atom. The van der Waals surface area contributed by atoms with Gasteiger partial charge in [-0.2, -0.15) is 0 Å². The summed E-state index contributed by atoms with van der Waals surface area (Å²) in [6.45, 7) is 1.64. The molecule has 1 fully saturated rings. The molecule has 0 saturated heterocycles. The van der Waals surface area contributed by atoms with Gasteiger partial charge in [-0.1, -0.05) is 35.7 Å². The van der Waals surface area contributed by atoms with Gasteiger partial charge in [0.25, 0.3) is 0 Å². The fourth-order valence-electron chi connectivity index (χ4n) is 2.22. The Morgan fingerprint density at radius 1 is 1.33 bits per heavy atom. The molecule has 0 spiro atoms. The smallest absolute Gasteiger partial charge is 0.140 e. The predicted molar refractivity (Wildman–Crippen MR) is 62.7 cm³/mol. The van der Waals surface area contributed by atoms with E-state index in [0.29, 0.717) is 10.0 Å². The molecule has 0 heterocycles. The molecular weight excluding hydrogens is 231 g/mol. The molecule has 0 N–H and O–H groups in total. The topological polar surface area (TPSA) is 17.1 Å². The van der Waals surface area contributed by atoms with Gasteiger partial charge in [-0.3, -0.25) is 4.79 Å². The minimum atomic E-state index is -0.332. The summed E-state index contributed by atoms with van der Waals surface area (Å²) in [5, 5.41) is 1.22. The number of halogens is 2. The number of hydrogen-bond donors (Lipinski definition) is 0. The number of ketones is 1. The zero-order valence-corrected chi connectivity index (χ0v) is 10.0. The Morgan fingerprint density at radius 3 is 2.40 bits per heavy atom. The van der Waals surface area contributed by atoms with Crippen molar-refractivity contribution in [2.24, 2.45) is 0 Å². The average molecular weight is 243 g/mol. The number of carbonyl (C=O) groups excluding carboxylic acids is 1. The van der Waals surface area contributed by atoms with E-state index < -0.39 is 0 Å². The van der Waals surface area contributed by atoms with E-state index in [9.17, 15) is 4.79 Å². The van der Waals surface area contributed by atoms with Crippen LogP contribution >= 0.6 is 23.2 Å². The second kappa shape index (κ2) is 3.80. The van der Waals surface area contributed by atoms with Gasteiger partial charge in [0.2, 0.25) is 0 Å². The van der Waals surface area contributed by atoms with E-state index in [0.717, 1.165) is 24.8 Å². The van der Waals surface area contributed by atoms with Crippen molar-refractivity contribution in [2.45, 2.75) is 31.6 Å². The van der Waals surface area contributed by atoms with Crippen LogP contribution in [0.25, 0.3) is 0 Å². The second-order valence-corrected chi connectivity index (χ2v) is 4.96. The van der Waals surface area contributed by atoms with E-state index in [2.05, 4.69) is 0 Å². The molecule has 15 heavy (non-hydrogen) atoms. The monoisotopic (exact) mass is 242 g/mol. The van der Waals surface area contributed by atoms with Gasteiger partial charge in [0, 0.05) is 10.0 Å². The molecule has 0 aromatic heterocycles.